The Labute approximate surface area is 122 Å². The minimum atomic E-state index is -3.09. The molecule has 0 aliphatic carbocycles. The molecule has 0 aromatic carbocycles. The highest BCUT2D eigenvalue weighted by molar-refractivity contribution is 7.89. The van der Waals surface area contributed by atoms with E-state index in [0.717, 1.165) is 32.1 Å². The summed E-state index contributed by atoms with van der Waals surface area (Å²) < 4.78 is 30.2. The molecule has 0 aliphatic heterocycles. The molecule has 0 fully saturated rings. The Morgan fingerprint density at radius 1 is 1.10 bits per heavy atom. The SMILES string of the molecule is CCOCCCNC(=NC)NCCCNS(=O)(=O)CC. The molecule has 0 aromatic heterocycles. The van der Waals surface area contributed by atoms with Gasteiger partial charge in [0.2, 0.25) is 10.0 Å². The van der Waals surface area contributed by atoms with Crippen LogP contribution in [0.5, 0.6) is 0 Å². The number of nitrogens with zero attached hydrogens (tertiary/aromatic N) is 1. The zero-order chi connectivity index (χ0) is 15.3. The predicted molar refractivity (Wildman–Crippen MR) is 82.6 cm³/mol. The van der Waals surface area contributed by atoms with Crippen molar-refractivity contribution in [2.75, 3.05) is 45.6 Å². The smallest absolute Gasteiger partial charge is 0.211 e. The van der Waals surface area contributed by atoms with Crippen LogP contribution in [0.1, 0.15) is 26.7 Å². The van der Waals surface area contributed by atoms with E-state index in [2.05, 4.69) is 20.3 Å². The van der Waals surface area contributed by atoms with Crippen LogP contribution < -0.4 is 15.4 Å². The van der Waals surface area contributed by atoms with E-state index < -0.39 is 10.0 Å². The molecule has 0 aliphatic rings. The van der Waals surface area contributed by atoms with Crippen LogP contribution in [0.25, 0.3) is 0 Å². The average Bonchev–Trinajstić information content (AvgIpc) is 2.44. The molecule has 0 saturated carbocycles. The van der Waals surface area contributed by atoms with Crippen LogP contribution in [0.15, 0.2) is 4.99 Å². The summed E-state index contributed by atoms with van der Waals surface area (Å²) in [6.45, 7) is 6.96. The van der Waals surface area contributed by atoms with Crippen LogP contribution in [0.3, 0.4) is 0 Å². The molecule has 0 aromatic rings. The maximum absolute atomic E-state index is 11.2. The molecule has 0 radical (unpaired) electrons. The lowest BCUT2D eigenvalue weighted by Crippen LogP contribution is -2.39. The summed E-state index contributed by atoms with van der Waals surface area (Å²) in [6, 6.07) is 0. The largest absolute Gasteiger partial charge is 0.382 e. The lowest BCUT2D eigenvalue weighted by molar-refractivity contribution is 0.145. The molecule has 0 heterocycles. The summed E-state index contributed by atoms with van der Waals surface area (Å²) in [4.78, 5) is 4.08. The van der Waals surface area contributed by atoms with E-state index in [0.29, 0.717) is 19.5 Å². The molecule has 0 bridgehead atoms. The number of nitrogens with one attached hydrogen (secondary N) is 3. The fraction of sp³-hybridized carbons (Fsp3) is 0.917. The second-order valence-electron chi connectivity index (χ2n) is 4.13. The first-order valence-electron chi connectivity index (χ1n) is 7.05. The zero-order valence-electron chi connectivity index (χ0n) is 12.7. The molecule has 20 heavy (non-hydrogen) atoms. The van der Waals surface area contributed by atoms with Crippen molar-refractivity contribution in [2.45, 2.75) is 26.7 Å². The van der Waals surface area contributed by atoms with Gasteiger partial charge in [0.15, 0.2) is 5.96 Å². The van der Waals surface area contributed by atoms with Crippen molar-refractivity contribution < 1.29 is 13.2 Å². The summed E-state index contributed by atoms with van der Waals surface area (Å²) in [5, 5.41) is 6.29. The van der Waals surface area contributed by atoms with Crippen molar-refractivity contribution in [3.8, 4) is 0 Å². The summed E-state index contributed by atoms with van der Waals surface area (Å²) in [6.07, 6.45) is 1.63. The van der Waals surface area contributed by atoms with Gasteiger partial charge < -0.3 is 15.4 Å². The third-order valence-corrected chi connectivity index (χ3v) is 3.94. The van der Waals surface area contributed by atoms with E-state index >= 15 is 0 Å². The quantitative estimate of drug-likeness (QED) is 0.282. The van der Waals surface area contributed by atoms with Gasteiger partial charge in [-0.3, -0.25) is 4.99 Å². The normalized spacial score (nSPS) is 12.4. The van der Waals surface area contributed by atoms with E-state index in [1.54, 1.807) is 14.0 Å². The maximum atomic E-state index is 11.2. The van der Waals surface area contributed by atoms with Crippen LogP contribution >= 0.6 is 0 Å². The van der Waals surface area contributed by atoms with Crippen LogP contribution in [-0.2, 0) is 14.8 Å². The molecule has 0 amide bonds. The van der Waals surface area contributed by atoms with Crippen LogP contribution in [0.2, 0.25) is 0 Å². The minimum absolute atomic E-state index is 0.115. The standard InChI is InChI=1S/C12H28N4O3S/c1-4-19-11-7-9-15-12(13-3)14-8-6-10-16-20(17,18)5-2/h16H,4-11H2,1-3H3,(H2,13,14,15). The van der Waals surface area contributed by atoms with Crippen LogP contribution in [0.4, 0.5) is 0 Å². The van der Waals surface area contributed by atoms with E-state index in [1.165, 1.54) is 0 Å². The van der Waals surface area contributed by atoms with Gasteiger partial charge in [0.1, 0.15) is 0 Å². The number of ether oxygens (including phenoxy) is 1. The first kappa shape index (κ1) is 19.1. The van der Waals surface area contributed by atoms with Gasteiger partial charge in [-0.05, 0) is 26.7 Å². The van der Waals surface area contributed by atoms with Gasteiger partial charge in [0.05, 0.1) is 5.75 Å². The number of aliphatic imine (C=N–C) groups is 1. The molecule has 0 atom stereocenters. The first-order valence-corrected chi connectivity index (χ1v) is 8.70. The highest BCUT2D eigenvalue weighted by Crippen LogP contribution is 1.84. The van der Waals surface area contributed by atoms with E-state index in [1.807, 2.05) is 6.92 Å². The fourth-order valence-corrected chi connectivity index (χ4v) is 2.03. The molecule has 0 saturated heterocycles. The average molecular weight is 308 g/mol. The lowest BCUT2D eigenvalue weighted by atomic mass is 10.4. The number of rotatable bonds is 11. The molecule has 3 N–H and O–H groups in total. The van der Waals surface area contributed by atoms with Crippen molar-refractivity contribution in [2.24, 2.45) is 4.99 Å². The Morgan fingerprint density at radius 3 is 2.30 bits per heavy atom. The number of hydrogen-bond acceptors (Lipinski definition) is 4. The third-order valence-electron chi connectivity index (χ3n) is 2.53. The molecule has 0 spiro atoms. The van der Waals surface area contributed by atoms with Gasteiger partial charge in [-0.1, -0.05) is 0 Å². The summed E-state index contributed by atoms with van der Waals surface area (Å²) in [7, 11) is -1.38. The van der Waals surface area contributed by atoms with Gasteiger partial charge >= 0.3 is 0 Å². The van der Waals surface area contributed by atoms with Crippen molar-refractivity contribution >= 4 is 16.0 Å². The molecule has 8 heteroatoms. The van der Waals surface area contributed by atoms with E-state index in [4.69, 9.17) is 4.74 Å². The predicted octanol–water partition coefficient (Wildman–Crippen LogP) is -0.0926. The topological polar surface area (TPSA) is 91.8 Å². The molecule has 0 rings (SSSR count). The van der Waals surface area contributed by atoms with Gasteiger partial charge in [-0.25, -0.2) is 13.1 Å². The van der Waals surface area contributed by atoms with Crippen molar-refractivity contribution in [1.29, 1.82) is 0 Å². The fourth-order valence-electron chi connectivity index (χ4n) is 1.37. The van der Waals surface area contributed by atoms with Crippen LogP contribution in [-0.4, -0.2) is 60.0 Å². The van der Waals surface area contributed by atoms with Crippen molar-refractivity contribution in [1.82, 2.24) is 15.4 Å². The van der Waals surface area contributed by atoms with Crippen LogP contribution in [0, 0.1) is 0 Å². The number of hydrogen-bond donors (Lipinski definition) is 3. The van der Waals surface area contributed by atoms with Gasteiger partial charge in [0.25, 0.3) is 0 Å². The highest BCUT2D eigenvalue weighted by Gasteiger charge is 2.04. The lowest BCUT2D eigenvalue weighted by Gasteiger charge is -2.12. The number of sulfonamides is 1. The Kier molecular flexibility index (Phi) is 11.4. The van der Waals surface area contributed by atoms with Gasteiger partial charge in [0, 0.05) is 39.9 Å². The Bertz CT molecular complexity index is 358. The molecular formula is C12H28N4O3S. The van der Waals surface area contributed by atoms with Crippen molar-refractivity contribution in [3.05, 3.63) is 0 Å². The van der Waals surface area contributed by atoms with Crippen molar-refractivity contribution in [3.63, 3.8) is 0 Å². The second-order valence-corrected chi connectivity index (χ2v) is 6.22. The summed E-state index contributed by atoms with van der Waals surface area (Å²) in [5.41, 5.74) is 0. The van der Waals surface area contributed by atoms with E-state index in [9.17, 15) is 8.42 Å². The second kappa shape index (κ2) is 11.9. The number of guanidine groups is 1. The van der Waals surface area contributed by atoms with E-state index in [-0.39, 0.29) is 5.75 Å². The zero-order valence-corrected chi connectivity index (χ0v) is 13.6. The summed E-state index contributed by atoms with van der Waals surface area (Å²) in [5.74, 6) is 0.837. The Balaban J connectivity index is 3.61. The van der Waals surface area contributed by atoms with Gasteiger partial charge in [-0.15, -0.1) is 0 Å². The Morgan fingerprint density at radius 2 is 1.75 bits per heavy atom. The maximum Gasteiger partial charge on any atom is 0.211 e. The first-order chi connectivity index (χ1) is 9.55. The molecule has 7 nitrogen and oxygen atoms in total. The molecule has 0 unspecified atom stereocenters. The Hall–Kier alpha value is -0.860. The summed E-state index contributed by atoms with van der Waals surface area (Å²) >= 11 is 0. The molecule has 120 valence electrons. The highest BCUT2D eigenvalue weighted by atomic mass is 32.2. The van der Waals surface area contributed by atoms with Gasteiger partial charge in [-0.2, -0.15) is 0 Å². The third kappa shape index (κ3) is 11.0. The minimum Gasteiger partial charge on any atom is -0.382 e. The monoisotopic (exact) mass is 308 g/mol. The molecular weight excluding hydrogens is 280 g/mol.